The van der Waals surface area contributed by atoms with Gasteiger partial charge in [0.2, 0.25) is 0 Å². The normalized spacial score (nSPS) is 11.8. The Bertz CT molecular complexity index is 501. The molecule has 0 aromatic carbocycles. The smallest absolute Gasteiger partial charge is 0.194 e. The van der Waals surface area contributed by atoms with E-state index in [2.05, 4.69) is 41.0 Å². The minimum Gasteiger partial charge on any atom is -0.301 e. The lowest BCUT2D eigenvalue weighted by Crippen LogP contribution is -2.19. The first-order chi connectivity index (χ1) is 8.09. The molecule has 5 heteroatoms. The molecule has 2 aromatic heterocycles. The molecule has 0 aliphatic rings. The van der Waals surface area contributed by atoms with Crippen LogP contribution in [0.4, 0.5) is 0 Å². The number of hydroxylamine groups is 1. The molecule has 0 fully saturated rings. The number of imidazole rings is 1. The van der Waals surface area contributed by atoms with Crippen molar-refractivity contribution in [2.24, 2.45) is 5.92 Å². The maximum atomic E-state index is 5.40. The zero-order chi connectivity index (χ0) is 12.4. The molecule has 0 amide bonds. The standard InChI is InChI=1S/C12H19N3OS/c1-8(2)6-16-13-5-11-10(4)14-12-15(11)9(3)7-17-12/h7-8,13H,5-6H2,1-4H3. The lowest BCUT2D eigenvalue weighted by Gasteiger charge is -2.08. The Morgan fingerprint density at radius 2 is 2.24 bits per heavy atom. The molecule has 0 bridgehead atoms. The van der Waals surface area contributed by atoms with E-state index in [9.17, 15) is 0 Å². The van der Waals surface area contributed by atoms with Gasteiger partial charge in [-0.25, -0.2) is 4.98 Å². The molecule has 0 radical (unpaired) electrons. The summed E-state index contributed by atoms with van der Waals surface area (Å²) in [6.45, 7) is 9.82. The lowest BCUT2D eigenvalue weighted by atomic mass is 10.2. The summed E-state index contributed by atoms with van der Waals surface area (Å²) >= 11 is 1.68. The van der Waals surface area contributed by atoms with Crippen molar-refractivity contribution < 1.29 is 4.84 Å². The number of hydrogen-bond donors (Lipinski definition) is 1. The zero-order valence-electron chi connectivity index (χ0n) is 10.8. The molecule has 0 atom stereocenters. The zero-order valence-corrected chi connectivity index (χ0v) is 11.6. The van der Waals surface area contributed by atoms with Crippen LogP contribution in [0.5, 0.6) is 0 Å². The van der Waals surface area contributed by atoms with Crippen molar-refractivity contribution in [2.75, 3.05) is 6.61 Å². The maximum absolute atomic E-state index is 5.40. The van der Waals surface area contributed by atoms with Gasteiger partial charge < -0.3 is 4.84 Å². The van der Waals surface area contributed by atoms with Gasteiger partial charge >= 0.3 is 0 Å². The second kappa shape index (κ2) is 5.16. The van der Waals surface area contributed by atoms with Gasteiger partial charge in [0.05, 0.1) is 24.5 Å². The number of nitrogens with zero attached hydrogens (tertiary/aromatic N) is 2. The second-order valence-electron chi connectivity index (χ2n) is 4.66. The van der Waals surface area contributed by atoms with E-state index in [-0.39, 0.29) is 0 Å². The summed E-state index contributed by atoms with van der Waals surface area (Å²) in [4.78, 5) is 11.0. The number of fused-ring (bicyclic) bond motifs is 1. The Hall–Kier alpha value is -0.910. The molecular weight excluding hydrogens is 234 g/mol. The third-order valence-corrected chi connectivity index (χ3v) is 3.53. The highest BCUT2D eigenvalue weighted by molar-refractivity contribution is 7.15. The Kier molecular flexibility index (Phi) is 3.81. The Balaban J connectivity index is 2.07. The summed E-state index contributed by atoms with van der Waals surface area (Å²) in [7, 11) is 0. The summed E-state index contributed by atoms with van der Waals surface area (Å²) in [6, 6.07) is 0. The first-order valence-electron chi connectivity index (χ1n) is 5.86. The first-order valence-corrected chi connectivity index (χ1v) is 6.74. The van der Waals surface area contributed by atoms with Gasteiger partial charge in [-0.1, -0.05) is 13.8 Å². The van der Waals surface area contributed by atoms with Gasteiger partial charge in [-0.2, -0.15) is 5.48 Å². The van der Waals surface area contributed by atoms with Crippen LogP contribution in [0.2, 0.25) is 0 Å². The fourth-order valence-corrected chi connectivity index (χ4v) is 2.65. The van der Waals surface area contributed by atoms with Gasteiger partial charge in [0.25, 0.3) is 0 Å². The number of rotatable bonds is 5. The Labute approximate surface area is 106 Å². The minimum absolute atomic E-state index is 0.539. The largest absolute Gasteiger partial charge is 0.301 e. The monoisotopic (exact) mass is 253 g/mol. The molecule has 4 nitrogen and oxygen atoms in total. The van der Waals surface area contributed by atoms with Crippen LogP contribution >= 0.6 is 11.3 Å². The van der Waals surface area contributed by atoms with Crippen molar-refractivity contribution in [3.63, 3.8) is 0 Å². The van der Waals surface area contributed by atoms with Crippen LogP contribution in [0.3, 0.4) is 0 Å². The van der Waals surface area contributed by atoms with E-state index in [4.69, 9.17) is 4.84 Å². The van der Waals surface area contributed by atoms with Crippen molar-refractivity contribution in [1.82, 2.24) is 14.9 Å². The number of thiazole rings is 1. The molecule has 1 N–H and O–H groups in total. The van der Waals surface area contributed by atoms with E-state index >= 15 is 0 Å². The highest BCUT2D eigenvalue weighted by atomic mass is 32.1. The molecular formula is C12H19N3OS. The number of aromatic nitrogens is 2. The van der Waals surface area contributed by atoms with Crippen molar-refractivity contribution in [3.05, 3.63) is 22.5 Å². The molecule has 0 unspecified atom stereocenters. The minimum atomic E-state index is 0.539. The van der Waals surface area contributed by atoms with Gasteiger partial charge in [-0.3, -0.25) is 4.40 Å². The average Bonchev–Trinajstić information content (AvgIpc) is 2.75. The van der Waals surface area contributed by atoms with Crippen LogP contribution in [0.15, 0.2) is 5.38 Å². The molecule has 2 rings (SSSR count). The molecule has 0 saturated carbocycles. The highest BCUT2D eigenvalue weighted by Gasteiger charge is 2.11. The first kappa shape index (κ1) is 12.5. The summed E-state index contributed by atoms with van der Waals surface area (Å²) in [5.41, 5.74) is 6.49. The van der Waals surface area contributed by atoms with Crippen molar-refractivity contribution >= 4 is 16.3 Å². The molecule has 0 saturated heterocycles. The molecule has 0 aliphatic heterocycles. The van der Waals surface area contributed by atoms with Crippen molar-refractivity contribution in [1.29, 1.82) is 0 Å². The van der Waals surface area contributed by atoms with Crippen LogP contribution < -0.4 is 5.48 Å². The van der Waals surface area contributed by atoms with Crippen LogP contribution in [-0.2, 0) is 11.4 Å². The molecule has 0 spiro atoms. The average molecular weight is 253 g/mol. The Morgan fingerprint density at radius 1 is 1.47 bits per heavy atom. The third-order valence-electron chi connectivity index (χ3n) is 2.59. The number of nitrogens with one attached hydrogen (secondary N) is 1. The predicted molar refractivity (Wildman–Crippen MR) is 70.2 cm³/mol. The summed E-state index contributed by atoms with van der Waals surface area (Å²) in [6.07, 6.45) is 0. The van der Waals surface area contributed by atoms with E-state index < -0.39 is 0 Å². The SMILES string of the molecule is Cc1nc2scc(C)n2c1CNOCC(C)C. The highest BCUT2D eigenvalue weighted by Crippen LogP contribution is 2.20. The van der Waals surface area contributed by atoms with Gasteiger partial charge in [-0.05, 0) is 19.8 Å². The van der Waals surface area contributed by atoms with Crippen molar-refractivity contribution in [3.8, 4) is 0 Å². The van der Waals surface area contributed by atoms with Crippen molar-refractivity contribution in [2.45, 2.75) is 34.2 Å². The fourth-order valence-electron chi connectivity index (χ4n) is 1.72. The molecule has 17 heavy (non-hydrogen) atoms. The van der Waals surface area contributed by atoms with Crippen LogP contribution in [-0.4, -0.2) is 16.0 Å². The molecule has 2 aromatic rings. The van der Waals surface area contributed by atoms with Gasteiger partial charge in [-0.15, -0.1) is 11.3 Å². The summed E-state index contributed by atoms with van der Waals surface area (Å²) < 4.78 is 2.19. The van der Waals surface area contributed by atoms with Gasteiger partial charge in [0.15, 0.2) is 4.96 Å². The topological polar surface area (TPSA) is 38.6 Å². The van der Waals surface area contributed by atoms with E-state index in [1.165, 1.54) is 11.4 Å². The maximum Gasteiger partial charge on any atom is 0.194 e. The number of aryl methyl sites for hydroxylation is 2. The number of hydrogen-bond acceptors (Lipinski definition) is 4. The van der Waals surface area contributed by atoms with Gasteiger partial charge in [0.1, 0.15) is 0 Å². The third kappa shape index (κ3) is 2.68. The molecule has 0 aliphatic carbocycles. The van der Waals surface area contributed by atoms with E-state index in [1.54, 1.807) is 11.3 Å². The Morgan fingerprint density at radius 3 is 2.94 bits per heavy atom. The summed E-state index contributed by atoms with van der Waals surface area (Å²) in [5, 5.41) is 2.13. The summed E-state index contributed by atoms with van der Waals surface area (Å²) in [5.74, 6) is 0.539. The second-order valence-corrected chi connectivity index (χ2v) is 5.50. The fraction of sp³-hybridized carbons (Fsp3) is 0.583. The molecule has 94 valence electrons. The van der Waals surface area contributed by atoms with E-state index in [0.717, 1.165) is 17.3 Å². The van der Waals surface area contributed by atoms with E-state index in [1.807, 2.05) is 6.92 Å². The molecule has 2 heterocycles. The van der Waals surface area contributed by atoms with Crippen LogP contribution in [0.1, 0.15) is 30.9 Å². The predicted octanol–water partition coefficient (Wildman–Crippen LogP) is 2.69. The van der Waals surface area contributed by atoms with Gasteiger partial charge in [0, 0.05) is 11.1 Å². The van der Waals surface area contributed by atoms with Crippen LogP contribution in [0, 0.1) is 19.8 Å². The van der Waals surface area contributed by atoms with Crippen LogP contribution in [0.25, 0.3) is 4.96 Å². The lowest BCUT2D eigenvalue weighted by molar-refractivity contribution is 0.0188. The van der Waals surface area contributed by atoms with E-state index in [0.29, 0.717) is 12.5 Å². The quantitative estimate of drug-likeness (QED) is 0.657.